The van der Waals surface area contributed by atoms with Crippen LogP contribution in [0.25, 0.3) is 5.69 Å². The van der Waals surface area contributed by atoms with Gasteiger partial charge in [-0.1, -0.05) is 0 Å². The number of methoxy groups -OCH3 is 1. The topological polar surface area (TPSA) is 66.8 Å². The molecule has 7 nitrogen and oxygen atoms in total. The van der Waals surface area contributed by atoms with E-state index in [4.69, 9.17) is 4.74 Å². The SMILES string of the molecule is CNC(=O)CN1CCN(C(=O)c2cc(C)n(-c3ccc(OC)cc3)c2C)CC1. The molecule has 1 aliphatic heterocycles. The summed E-state index contributed by atoms with van der Waals surface area (Å²) in [5.74, 6) is 0.854. The molecule has 0 atom stereocenters. The minimum absolute atomic E-state index is 0.00261. The summed E-state index contributed by atoms with van der Waals surface area (Å²) in [6.07, 6.45) is 0. The van der Waals surface area contributed by atoms with Crippen LogP contribution in [-0.2, 0) is 4.79 Å². The molecule has 0 spiro atoms. The van der Waals surface area contributed by atoms with Crippen molar-refractivity contribution in [2.45, 2.75) is 13.8 Å². The maximum Gasteiger partial charge on any atom is 0.255 e. The van der Waals surface area contributed by atoms with Crippen molar-refractivity contribution in [2.75, 3.05) is 46.9 Å². The molecule has 150 valence electrons. The standard InChI is InChI=1S/C21H28N4O3/c1-15-13-19(16(2)25(15)17-5-7-18(28-4)8-6-17)21(27)24-11-9-23(10-12-24)14-20(26)22-3/h5-8,13H,9-12,14H2,1-4H3,(H,22,26). The number of rotatable bonds is 5. The molecule has 2 amide bonds. The number of ether oxygens (including phenoxy) is 1. The Morgan fingerprint density at radius 2 is 1.71 bits per heavy atom. The third-order valence-corrected chi connectivity index (χ3v) is 5.30. The molecule has 2 heterocycles. The number of nitrogens with one attached hydrogen (secondary N) is 1. The van der Waals surface area contributed by atoms with Gasteiger partial charge in [-0.3, -0.25) is 14.5 Å². The maximum absolute atomic E-state index is 13.1. The van der Waals surface area contributed by atoms with Crippen LogP contribution >= 0.6 is 0 Å². The fourth-order valence-electron chi connectivity index (χ4n) is 3.67. The third kappa shape index (κ3) is 4.04. The van der Waals surface area contributed by atoms with Crippen LogP contribution in [0.4, 0.5) is 0 Å². The zero-order valence-corrected chi connectivity index (χ0v) is 17.0. The molecule has 0 unspecified atom stereocenters. The van der Waals surface area contributed by atoms with Gasteiger partial charge in [0.1, 0.15) is 5.75 Å². The van der Waals surface area contributed by atoms with Crippen molar-refractivity contribution in [1.82, 2.24) is 19.7 Å². The summed E-state index contributed by atoms with van der Waals surface area (Å²) in [5.41, 5.74) is 3.68. The molecule has 1 aromatic carbocycles. The van der Waals surface area contributed by atoms with Crippen molar-refractivity contribution in [1.29, 1.82) is 0 Å². The summed E-state index contributed by atoms with van der Waals surface area (Å²) in [7, 11) is 3.28. The molecular weight excluding hydrogens is 356 g/mol. The smallest absolute Gasteiger partial charge is 0.255 e. The lowest BCUT2D eigenvalue weighted by atomic mass is 10.2. The molecule has 2 aromatic rings. The summed E-state index contributed by atoms with van der Waals surface area (Å²) in [6, 6.07) is 9.77. The minimum Gasteiger partial charge on any atom is -0.497 e. The number of aromatic nitrogens is 1. The highest BCUT2D eigenvalue weighted by Crippen LogP contribution is 2.24. The number of benzene rings is 1. The van der Waals surface area contributed by atoms with E-state index in [1.807, 2.05) is 49.1 Å². The molecule has 1 fully saturated rings. The second-order valence-electron chi connectivity index (χ2n) is 7.06. The lowest BCUT2D eigenvalue weighted by Crippen LogP contribution is -2.50. The number of hydrogen-bond donors (Lipinski definition) is 1. The van der Waals surface area contributed by atoms with Crippen molar-refractivity contribution in [3.8, 4) is 11.4 Å². The Labute approximate surface area is 165 Å². The monoisotopic (exact) mass is 384 g/mol. The van der Waals surface area contributed by atoms with Gasteiger partial charge in [0.2, 0.25) is 5.91 Å². The van der Waals surface area contributed by atoms with Gasteiger partial charge in [0.05, 0.1) is 19.2 Å². The largest absolute Gasteiger partial charge is 0.497 e. The highest BCUT2D eigenvalue weighted by atomic mass is 16.5. The fraction of sp³-hybridized carbons (Fsp3) is 0.429. The van der Waals surface area contributed by atoms with Gasteiger partial charge < -0.3 is 19.5 Å². The normalized spacial score (nSPS) is 14.8. The first-order chi connectivity index (χ1) is 13.4. The summed E-state index contributed by atoms with van der Waals surface area (Å²) in [5, 5.41) is 2.64. The second kappa shape index (κ2) is 8.48. The van der Waals surface area contributed by atoms with Crippen LogP contribution in [0, 0.1) is 13.8 Å². The van der Waals surface area contributed by atoms with Gasteiger partial charge in [-0.05, 0) is 44.2 Å². The Morgan fingerprint density at radius 1 is 1.07 bits per heavy atom. The number of carbonyl (C=O) groups is 2. The Kier molecular flexibility index (Phi) is 6.04. The van der Waals surface area contributed by atoms with E-state index in [-0.39, 0.29) is 11.8 Å². The Bertz CT molecular complexity index is 849. The summed E-state index contributed by atoms with van der Waals surface area (Å²) in [4.78, 5) is 28.6. The van der Waals surface area contributed by atoms with E-state index >= 15 is 0 Å². The van der Waals surface area contributed by atoms with E-state index in [2.05, 4.69) is 14.8 Å². The zero-order valence-electron chi connectivity index (χ0n) is 17.0. The molecule has 1 saturated heterocycles. The van der Waals surface area contributed by atoms with Gasteiger partial charge in [0.25, 0.3) is 5.91 Å². The van der Waals surface area contributed by atoms with Crippen molar-refractivity contribution in [3.63, 3.8) is 0 Å². The Morgan fingerprint density at radius 3 is 2.29 bits per heavy atom. The molecule has 3 rings (SSSR count). The molecule has 1 N–H and O–H groups in total. The number of hydrogen-bond acceptors (Lipinski definition) is 4. The molecule has 0 aliphatic carbocycles. The first-order valence-electron chi connectivity index (χ1n) is 9.50. The van der Waals surface area contributed by atoms with E-state index in [1.165, 1.54) is 0 Å². The average Bonchev–Trinajstić information content (AvgIpc) is 3.02. The summed E-state index contributed by atoms with van der Waals surface area (Å²) in [6.45, 7) is 7.03. The molecule has 28 heavy (non-hydrogen) atoms. The predicted molar refractivity (Wildman–Crippen MR) is 108 cm³/mol. The first kappa shape index (κ1) is 19.9. The van der Waals surface area contributed by atoms with Crippen molar-refractivity contribution in [3.05, 3.63) is 47.3 Å². The lowest BCUT2D eigenvalue weighted by Gasteiger charge is -2.34. The number of piperazine rings is 1. The number of carbonyl (C=O) groups excluding carboxylic acids is 2. The number of likely N-dealkylation sites (N-methyl/N-ethyl adjacent to an activating group) is 1. The van der Waals surface area contributed by atoms with Crippen molar-refractivity contribution in [2.24, 2.45) is 0 Å². The molecule has 7 heteroatoms. The minimum atomic E-state index is 0.00261. The Hall–Kier alpha value is -2.80. The summed E-state index contributed by atoms with van der Waals surface area (Å²) >= 11 is 0. The van der Waals surface area contributed by atoms with Gasteiger partial charge in [0, 0.05) is 50.3 Å². The molecule has 0 bridgehead atoms. The van der Waals surface area contributed by atoms with Gasteiger partial charge in [-0.25, -0.2) is 0 Å². The zero-order chi connectivity index (χ0) is 20.3. The third-order valence-electron chi connectivity index (χ3n) is 5.30. The average molecular weight is 384 g/mol. The molecule has 1 aromatic heterocycles. The maximum atomic E-state index is 13.1. The summed E-state index contributed by atoms with van der Waals surface area (Å²) < 4.78 is 7.32. The Balaban J connectivity index is 1.74. The molecule has 1 aliphatic rings. The predicted octanol–water partition coefficient (Wildman–Crippen LogP) is 1.61. The van der Waals surface area contributed by atoms with Crippen LogP contribution in [-0.4, -0.2) is 73.1 Å². The van der Waals surface area contributed by atoms with Crippen LogP contribution in [0.2, 0.25) is 0 Å². The van der Waals surface area contributed by atoms with Gasteiger partial charge in [0.15, 0.2) is 0 Å². The van der Waals surface area contributed by atoms with Gasteiger partial charge in [-0.15, -0.1) is 0 Å². The van der Waals surface area contributed by atoms with Crippen molar-refractivity contribution < 1.29 is 14.3 Å². The van der Waals surface area contributed by atoms with Crippen LogP contribution in [0.5, 0.6) is 5.75 Å². The number of amides is 2. The molecule has 0 saturated carbocycles. The van der Waals surface area contributed by atoms with Crippen LogP contribution < -0.4 is 10.1 Å². The first-order valence-corrected chi connectivity index (χ1v) is 9.50. The van der Waals surface area contributed by atoms with E-state index < -0.39 is 0 Å². The van der Waals surface area contributed by atoms with E-state index in [1.54, 1.807) is 14.2 Å². The number of nitrogens with zero attached hydrogens (tertiary/aromatic N) is 3. The van der Waals surface area contributed by atoms with Gasteiger partial charge in [-0.2, -0.15) is 0 Å². The van der Waals surface area contributed by atoms with Crippen LogP contribution in [0.3, 0.4) is 0 Å². The molecular formula is C21H28N4O3. The van der Waals surface area contributed by atoms with Crippen LogP contribution in [0.15, 0.2) is 30.3 Å². The van der Waals surface area contributed by atoms with E-state index in [0.29, 0.717) is 32.7 Å². The van der Waals surface area contributed by atoms with E-state index in [0.717, 1.165) is 28.4 Å². The number of aryl methyl sites for hydroxylation is 1. The quantitative estimate of drug-likeness (QED) is 0.851. The fourth-order valence-corrected chi connectivity index (χ4v) is 3.67. The lowest BCUT2D eigenvalue weighted by molar-refractivity contribution is -0.122. The van der Waals surface area contributed by atoms with Crippen molar-refractivity contribution >= 4 is 11.8 Å². The highest BCUT2D eigenvalue weighted by Gasteiger charge is 2.26. The second-order valence-corrected chi connectivity index (χ2v) is 7.06. The van der Waals surface area contributed by atoms with E-state index in [9.17, 15) is 9.59 Å². The molecule has 0 radical (unpaired) electrons. The van der Waals surface area contributed by atoms with Gasteiger partial charge >= 0.3 is 0 Å². The highest BCUT2D eigenvalue weighted by molar-refractivity contribution is 5.96. The van der Waals surface area contributed by atoms with Crippen LogP contribution in [0.1, 0.15) is 21.7 Å².